The first kappa shape index (κ1) is 12.9. The molecule has 0 spiro atoms. The van der Waals surface area contributed by atoms with Crippen LogP contribution in [-0.4, -0.2) is 41.4 Å². The monoisotopic (exact) mass is 235 g/mol. The van der Waals surface area contributed by atoms with Crippen LogP contribution >= 0.6 is 0 Å². The molecule has 0 radical (unpaired) electrons. The third kappa shape index (κ3) is 2.01. The maximum atomic E-state index is 12.9. The van der Waals surface area contributed by atoms with E-state index in [9.17, 15) is 18.4 Å². The number of rotatable bonds is 4. The molecule has 1 aliphatic carbocycles. The van der Waals surface area contributed by atoms with Crippen molar-refractivity contribution in [1.29, 1.82) is 0 Å². The Morgan fingerprint density at radius 3 is 2.25 bits per heavy atom. The van der Waals surface area contributed by atoms with E-state index in [0.29, 0.717) is 0 Å². The molecule has 0 bridgehead atoms. The summed E-state index contributed by atoms with van der Waals surface area (Å²) in [5.74, 6) is -5.45. The SMILES string of the molecule is C[C@H](CN(C)C(=O)[C@]1(C)CC1(F)F)C(=O)O. The standard InChI is InChI=1S/C10H15F2NO3/c1-6(7(14)15)4-13(3)8(16)9(2)5-10(9,11)12/h6H,4-5H2,1-3H3,(H,14,15)/t6-,9+/m1/s1. The quantitative estimate of drug-likeness (QED) is 0.796. The van der Waals surface area contributed by atoms with Gasteiger partial charge in [-0.15, -0.1) is 0 Å². The topological polar surface area (TPSA) is 57.6 Å². The Morgan fingerprint density at radius 2 is 1.94 bits per heavy atom. The number of hydrogen-bond acceptors (Lipinski definition) is 2. The zero-order valence-electron chi connectivity index (χ0n) is 9.46. The number of hydrogen-bond donors (Lipinski definition) is 1. The average molecular weight is 235 g/mol. The van der Waals surface area contributed by atoms with Gasteiger partial charge >= 0.3 is 5.97 Å². The van der Waals surface area contributed by atoms with Crippen molar-refractivity contribution in [2.24, 2.45) is 11.3 Å². The summed E-state index contributed by atoms with van der Waals surface area (Å²) in [4.78, 5) is 23.3. The lowest BCUT2D eigenvalue weighted by atomic mass is 10.1. The largest absolute Gasteiger partial charge is 0.481 e. The summed E-state index contributed by atoms with van der Waals surface area (Å²) in [5, 5.41) is 8.65. The van der Waals surface area contributed by atoms with Gasteiger partial charge in [-0.25, -0.2) is 8.78 Å². The Labute approximate surface area is 92.2 Å². The molecule has 6 heteroatoms. The number of carbonyl (C=O) groups excluding carboxylic acids is 1. The fraction of sp³-hybridized carbons (Fsp3) is 0.800. The average Bonchev–Trinajstić information content (AvgIpc) is 2.65. The number of carboxylic acids is 1. The highest BCUT2D eigenvalue weighted by Crippen LogP contribution is 2.60. The van der Waals surface area contributed by atoms with Gasteiger partial charge in [-0.1, -0.05) is 6.92 Å². The Hall–Kier alpha value is -1.20. The number of halogens is 2. The highest BCUT2D eigenvalue weighted by atomic mass is 19.3. The fourth-order valence-electron chi connectivity index (χ4n) is 1.62. The van der Waals surface area contributed by atoms with E-state index in [1.807, 2.05) is 0 Å². The van der Waals surface area contributed by atoms with Crippen LogP contribution in [-0.2, 0) is 9.59 Å². The van der Waals surface area contributed by atoms with Crippen molar-refractivity contribution in [2.45, 2.75) is 26.2 Å². The van der Waals surface area contributed by atoms with Crippen LogP contribution in [0.4, 0.5) is 8.78 Å². The number of nitrogens with zero attached hydrogens (tertiary/aromatic N) is 1. The first-order valence-corrected chi connectivity index (χ1v) is 4.98. The van der Waals surface area contributed by atoms with Gasteiger partial charge in [0.05, 0.1) is 5.92 Å². The summed E-state index contributed by atoms with van der Waals surface area (Å²) >= 11 is 0. The Kier molecular flexibility index (Phi) is 2.96. The molecular weight excluding hydrogens is 220 g/mol. The molecule has 1 amide bonds. The molecule has 2 atom stereocenters. The summed E-state index contributed by atoms with van der Waals surface area (Å²) in [5.41, 5.74) is -1.64. The minimum atomic E-state index is -2.95. The zero-order valence-corrected chi connectivity index (χ0v) is 9.46. The molecule has 0 heterocycles. The van der Waals surface area contributed by atoms with Gasteiger partial charge in [0.25, 0.3) is 5.92 Å². The van der Waals surface area contributed by atoms with Crippen molar-refractivity contribution in [2.75, 3.05) is 13.6 Å². The maximum absolute atomic E-state index is 12.9. The second kappa shape index (κ2) is 3.68. The van der Waals surface area contributed by atoms with Gasteiger partial charge in [0, 0.05) is 20.0 Å². The summed E-state index contributed by atoms with van der Waals surface area (Å²) < 4.78 is 25.8. The van der Waals surface area contributed by atoms with Gasteiger partial charge in [-0.3, -0.25) is 9.59 Å². The summed E-state index contributed by atoms with van der Waals surface area (Å²) in [7, 11) is 1.35. The van der Waals surface area contributed by atoms with Crippen LogP contribution in [0.3, 0.4) is 0 Å². The highest BCUT2D eigenvalue weighted by molar-refractivity contribution is 5.87. The molecule has 1 aliphatic rings. The van der Waals surface area contributed by atoms with Crippen LogP contribution in [0.25, 0.3) is 0 Å². The lowest BCUT2D eigenvalue weighted by Crippen LogP contribution is -2.39. The van der Waals surface area contributed by atoms with Crippen LogP contribution in [0.2, 0.25) is 0 Å². The minimum Gasteiger partial charge on any atom is -0.481 e. The summed E-state index contributed by atoms with van der Waals surface area (Å²) in [6, 6.07) is 0. The van der Waals surface area contributed by atoms with Gasteiger partial charge in [-0.2, -0.15) is 0 Å². The maximum Gasteiger partial charge on any atom is 0.308 e. The van der Waals surface area contributed by atoms with Crippen LogP contribution in [0.15, 0.2) is 0 Å². The van der Waals surface area contributed by atoms with Gasteiger partial charge in [0.2, 0.25) is 5.91 Å². The second-order valence-electron chi connectivity index (χ2n) is 4.64. The normalized spacial score (nSPS) is 28.3. The molecular formula is C10H15F2NO3. The van der Waals surface area contributed by atoms with E-state index >= 15 is 0 Å². The molecule has 16 heavy (non-hydrogen) atoms. The number of amides is 1. The predicted molar refractivity (Wildman–Crippen MR) is 52.1 cm³/mol. The molecule has 1 N–H and O–H groups in total. The van der Waals surface area contributed by atoms with E-state index in [1.54, 1.807) is 0 Å². The van der Waals surface area contributed by atoms with Crippen molar-refractivity contribution in [3.63, 3.8) is 0 Å². The molecule has 1 saturated carbocycles. The fourth-order valence-corrected chi connectivity index (χ4v) is 1.62. The molecule has 0 saturated heterocycles. The lowest BCUT2D eigenvalue weighted by molar-refractivity contribution is -0.144. The molecule has 0 unspecified atom stereocenters. The Balaban J connectivity index is 2.60. The van der Waals surface area contributed by atoms with Crippen LogP contribution < -0.4 is 0 Å². The van der Waals surface area contributed by atoms with Gasteiger partial charge in [0.15, 0.2) is 0 Å². The molecule has 1 fully saturated rings. The molecule has 0 aromatic heterocycles. The van der Waals surface area contributed by atoms with Gasteiger partial charge < -0.3 is 10.0 Å². The Morgan fingerprint density at radius 1 is 1.50 bits per heavy atom. The summed E-state index contributed by atoms with van der Waals surface area (Å²) in [6.07, 6.45) is -0.454. The number of alkyl halides is 2. The first-order chi connectivity index (χ1) is 7.12. The molecule has 4 nitrogen and oxygen atoms in total. The number of aliphatic carboxylic acids is 1. The number of carbonyl (C=O) groups is 2. The molecule has 0 aliphatic heterocycles. The van der Waals surface area contributed by atoms with Crippen molar-refractivity contribution >= 4 is 11.9 Å². The van der Waals surface area contributed by atoms with Gasteiger partial charge in [0.1, 0.15) is 5.41 Å². The van der Waals surface area contributed by atoms with Crippen molar-refractivity contribution in [3.05, 3.63) is 0 Å². The van der Waals surface area contributed by atoms with E-state index in [0.717, 1.165) is 4.90 Å². The van der Waals surface area contributed by atoms with E-state index in [1.165, 1.54) is 20.9 Å². The lowest BCUT2D eigenvalue weighted by Gasteiger charge is -2.23. The van der Waals surface area contributed by atoms with E-state index in [2.05, 4.69) is 0 Å². The Bertz CT molecular complexity index is 332. The molecule has 1 rings (SSSR count). The molecule has 0 aromatic carbocycles. The zero-order chi connectivity index (χ0) is 12.7. The highest BCUT2D eigenvalue weighted by Gasteiger charge is 2.73. The second-order valence-corrected chi connectivity index (χ2v) is 4.64. The smallest absolute Gasteiger partial charge is 0.308 e. The first-order valence-electron chi connectivity index (χ1n) is 4.98. The van der Waals surface area contributed by atoms with Crippen LogP contribution in [0.1, 0.15) is 20.3 Å². The third-order valence-corrected chi connectivity index (χ3v) is 3.05. The third-order valence-electron chi connectivity index (χ3n) is 3.05. The predicted octanol–water partition coefficient (Wildman–Crippen LogP) is 1.21. The van der Waals surface area contributed by atoms with E-state index in [-0.39, 0.29) is 6.54 Å². The van der Waals surface area contributed by atoms with Crippen molar-refractivity contribution in [3.8, 4) is 0 Å². The van der Waals surface area contributed by atoms with Crippen molar-refractivity contribution in [1.82, 2.24) is 4.90 Å². The van der Waals surface area contributed by atoms with Crippen LogP contribution in [0, 0.1) is 11.3 Å². The minimum absolute atomic E-state index is 0.0557. The van der Waals surface area contributed by atoms with Gasteiger partial charge in [-0.05, 0) is 6.92 Å². The van der Waals surface area contributed by atoms with Crippen molar-refractivity contribution < 1.29 is 23.5 Å². The van der Waals surface area contributed by atoms with Crippen LogP contribution in [0.5, 0.6) is 0 Å². The van der Waals surface area contributed by atoms with E-state index < -0.39 is 35.6 Å². The number of carboxylic acid groups (broad SMARTS) is 1. The van der Waals surface area contributed by atoms with E-state index in [4.69, 9.17) is 5.11 Å². The molecule has 92 valence electrons. The summed E-state index contributed by atoms with van der Waals surface area (Å²) in [6.45, 7) is 2.58. The molecule has 0 aromatic rings.